The van der Waals surface area contributed by atoms with Crippen LogP contribution in [0.5, 0.6) is 5.75 Å². The lowest BCUT2D eigenvalue weighted by atomic mass is 9.92. The third kappa shape index (κ3) is 5.30. The fourth-order valence-electron chi connectivity index (χ4n) is 3.65. The lowest BCUT2D eigenvalue weighted by Crippen LogP contribution is -2.34. The van der Waals surface area contributed by atoms with E-state index in [-0.39, 0.29) is 16.4 Å². The number of ether oxygens (including phenoxy) is 1. The zero-order valence-electron chi connectivity index (χ0n) is 18.0. The Morgan fingerprint density at radius 1 is 1.30 bits per heavy atom. The Bertz CT molecular complexity index is 967. The molecule has 30 heavy (non-hydrogen) atoms. The van der Waals surface area contributed by atoms with Gasteiger partial charge in [0.25, 0.3) is 5.95 Å². The third-order valence-corrected chi connectivity index (χ3v) is 6.65. The lowest BCUT2D eigenvalue weighted by molar-refractivity contribution is 0.276. The molecular formula is C21H30FN3O4S. The molecule has 0 aliphatic carbocycles. The van der Waals surface area contributed by atoms with Crippen LogP contribution in [0.1, 0.15) is 56.9 Å². The second-order valence-corrected chi connectivity index (χ2v) is 10.3. The molecule has 0 saturated carbocycles. The molecule has 3 rings (SSSR count). The van der Waals surface area contributed by atoms with Crippen molar-refractivity contribution in [3.63, 3.8) is 0 Å². The van der Waals surface area contributed by atoms with E-state index < -0.39 is 15.7 Å². The Hall–Kier alpha value is -2.16. The molecule has 7 nitrogen and oxygen atoms in total. The topological polar surface area (TPSA) is 85.5 Å². The average Bonchev–Trinajstić information content (AvgIpc) is 3.18. The van der Waals surface area contributed by atoms with Crippen molar-refractivity contribution < 1.29 is 22.1 Å². The first-order chi connectivity index (χ1) is 14.2. The summed E-state index contributed by atoms with van der Waals surface area (Å²) in [5.74, 6) is 1.84. The van der Waals surface area contributed by atoms with E-state index in [1.165, 1.54) is 19.1 Å². The van der Waals surface area contributed by atoms with E-state index in [4.69, 9.17) is 9.26 Å². The van der Waals surface area contributed by atoms with Crippen LogP contribution in [0.15, 0.2) is 21.6 Å². The van der Waals surface area contributed by atoms with E-state index in [1.54, 1.807) is 0 Å². The van der Waals surface area contributed by atoms with Crippen LogP contribution in [0.4, 0.5) is 10.3 Å². The fraction of sp³-hybridized carbons (Fsp3) is 0.619. The van der Waals surface area contributed by atoms with Crippen LogP contribution in [-0.2, 0) is 9.84 Å². The molecule has 1 saturated heterocycles. The number of aromatic nitrogens is 2. The van der Waals surface area contributed by atoms with Crippen molar-refractivity contribution in [1.82, 2.24) is 10.1 Å². The maximum Gasteiger partial charge on any atom is 0.266 e. The van der Waals surface area contributed by atoms with E-state index in [9.17, 15) is 12.8 Å². The van der Waals surface area contributed by atoms with E-state index in [0.717, 1.165) is 45.0 Å². The summed E-state index contributed by atoms with van der Waals surface area (Å²) in [6.45, 7) is 7.88. The van der Waals surface area contributed by atoms with E-state index in [1.807, 2.05) is 13.8 Å². The molecule has 0 unspecified atom stereocenters. The van der Waals surface area contributed by atoms with Crippen LogP contribution in [0.25, 0.3) is 0 Å². The summed E-state index contributed by atoms with van der Waals surface area (Å²) < 4.78 is 48.5. The number of anilines is 1. The van der Waals surface area contributed by atoms with Crippen molar-refractivity contribution >= 4 is 15.8 Å². The maximum absolute atomic E-state index is 14.3. The minimum atomic E-state index is -3.59. The Labute approximate surface area is 177 Å². The fourth-order valence-corrected chi connectivity index (χ4v) is 4.44. The van der Waals surface area contributed by atoms with Gasteiger partial charge in [0.15, 0.2) is 9.84 Å². The molecule has 1 aliphatic heterocycles. The number of hydrogen-bond acceptors (Lipinski definition) is 7. The lowest BCUT2D eigenvalue weighted by Gasteiger charge is -2.30. The summed E-state index contributed by atoms with van der Waals surface area (Å²) in [4.78, 5) is 6.34. The van der Waals surface area contributed by atoms with Gasteiger partial charge in [0.05, 0.1) is 6.61 Å². The second-order valence-electron chi connectivity index (χ2n) is 8.28. The van der Waals surface area contributed by atoms with Gasteiger partial charge in [-0.3, -0.25) is 0 Å². The number of rotatable bonds is 8. The minimum Gasteiger partial charge on any atom is -0.493 e. The number of halogens is 1. The molecule has 0 amide bonds. The summed E-state index contributed by atoms with van der Waals surface area (Å²) in [5, 5.41) is 4.08. The van der Waals surface area contributed by atoms with Crippen LogP contribution in [0.3, 0.4) is 0 Å². The van der Waals surface area contributed by atoms with Gasteiger partial charge >= 0.3 is 0 Å². The highest BCUT2D eigenvalue weighted by atomic mass is 32.2. The number of hydrogen-bond donors (Lipinski definition) is 0. The Kier molecular flexibility index (Phi) is 7.00. The standard InChI is InChI=1S/C21H30FN3O4S/c1-14(2)20-23-21(24-29-20)25-11-9-16(10-12-25)6-5-13-28-17-7-8-18(30(4,26)27)19(22)15(17)3/h7-8,14,16H,5-6,9-13H2,1-4H3. The first kappa shape index (κ1) is 22.5. The van der Waals surface area contributed by atoms with E-state index in [2.05, 4.69) is 15.0 Å². The SMILES string of the molecule is Cc1c(OCCCC2CCN(c3noc(C(C)C)n3)CC2)ccc(S(C)(=O)=O)c1F. The summed E-state index contributed by atoms with van der Waals surface area (Å²) in [6.07, 6.45) is 5.00. The zero-order chi connectivity index (χ0) is 21.9. The third-order valence-electron chi connectivity index (χ3n) is 5.54. The van der Waals surface area contributed by atoms with Crippen LogP contribution < -0.4 is 9.64 Å². The summed E-state index contributed by atoms with van der Waals surface area (Å²) in [6, 6.07) is 2.80. The van der Waals surface area contributed by atoms with Gasteiger partial charge in [0.1, 0.15) is 16.5 Å². The minimum absolute atomic E-state index is 0.225. The van der Waals surface area contributed by atoms with Gasteiger partial charge < -0.3 is 14.2 Å². The van der Waals surface area contributed by atoms with Gasteiger partial charge in [-0.05, 0) is 55.8 Å². The summed E-state index contributed by atoms with van der Waals surface area (Å²) in [5.41, 5.74) is 0.229. The Morgan fingerprint density at radius 3 is 2.60 bits per heavy atom. The van der Waals surface area contributed by atoms with Gasteiger partial charge in [-0.1, -0.05) is 13.8 Å². The Balaban J connectivity index is 1.43. The molecule has 9 heteroatoms. The molecule has 0 spiro atoms. The van der Waals surface area contributed by atoms with Gasteiger partial charge in [-0.25, -0.2) is 12.8 Å². The number of sulfone groups is 1. The van der Waals surface area contributed by atoms with Gasteiger partial charge in [-0.2, -0.15) is 4.98 Å². The smallest absolute Gasteiger partial charge is 0.266 e. The maximum atomic E-state index is 14.3. The molecular weight excluding hydrogens is 409 g/mol. The number of piperidine rings is 1. The van der Waals surface area contributed by atoms with Crippen molar-refractivity contribution in [2.75, 3.05) is 30.9 Å². The highest BCUT2D eigenvalue weighted by Crippen LogP contribution is 2.28. The monoisotopic (exact) mass is 439 g/mol. The van der Waals surface area contributed by atoms with Crippen LogP contribution in [-0.4, -0.2) is 44.5 Å². The second kappa shape index (κ2) is 9.32. The summed E-state index contributed by atoms with van der Waals surface area (Å²) in [7, 11) is -3.59. The predicted molar refractivity (Wildman–Crippen MR) is 112 cm³/mol. The van der Waals surface area contributed by atoms with E-state index >= 15 is 0 Å². The molecule has 1 fully saturated rings. The highest BCUT2D eigenvalue weighted by molar-refractivity contribution is 7.90. The van der Waals surface area contributed by atoms with Gasteiger partial charge in [-0.15, -0.1) is 0 Å². The number of nitrogens with zero attached hydrogens (tertiary/aromatic N) is 3. The largest absolute Gasteiger partial charge is 0.493 e. The number of benzene rings is 1. The molecule has 1 aromatic carbocycles. The zero-order valence-corrected chi connectivity index (χ0v) is 18.8. The van der Waals surface area contributed by atoms with Crippen molar-refractivity contribution in [2.45, 2.75) is 57.3 Å². The predicted octanol–water partition coefficient (Wildman–Crippen LogP) is 4.12. The Morgan fingerprint density at radius 2 is 2.00 bits per heavy atom. The van der Waals surface area contributed by atoms with Crippen molar-refractivity contribution in [3.8, 4) is 5.75 Å². The quantitative estimate of drug-likeness (QED) is 0.572. The van der Waals surface area contributed by atoms with Crippen molar-refractivity contribution in [1.29, 1.82) is 0 Å². The van der Waals surface area contributed by atoms with Crippen molar-refractivity contribution in [2.24, 2.45) is 5.92 Å². The van der Waals surface area contributed by atoms with Gasteiger partial charge in [0, 0.05) is 30.8 Å². The molecule has 0 radical (unpaired) electrons. The first-order valence-corrected chi connectivity index (χ1v) is 12.3. The molecule has 0 atom stereocenters. The summed E-state index contributed by atoms with van der Waals surface area (Å²) >= 11 is 0. The van der Waals surface area contributed by atoms with E-state index in [0.29, 0.717) is 30.1 Å². The average molecular weight is 440 g/mol. The molecule has 2 aromatic rings. The van der Waals surface area contributed by atoms with Crippen LogP contribution in [0, 0.1) is 18.7 Å². The van der Waals surface area contributed by atoms with Crippen molar-refractivity contribution in [3.05, 3.63) is 29.4 Å². The molecule has 1 aliphatic rings. The van der Waals surface area contributed by atoms with Gasteiger partial charge in [0.2, 0.25) is 5.89 Å². The van der Waals surface area contributed by atoms with Crippen LogP contribution >= 0.6 is 0 Å². The van der Waals surface area contributed by atoms with Crippen LogP contribution in [0.2, 0.25) is 0 Å². The normalized spacial score (nSPS) is 15.7. The molecule has 1 aromatic heterocycles. The first-order valence-electron chi connectivity index (χ1n) is 10.4. The molecule has 2 heterocycles. The highest BCUT2D eigenvalue weighted by Gasteiger charge is 2.23. The molecule has 166 valence electrons. The molecule has 0 bridgehead atoms. The molecule has 0 N–H and O–H groups in total.